The van der Waals surface area contributed by atoms with E-state index < -0.39 is 8.07 Å². The van der Waals surface area contributed by atoms with Gasteiger partial charge in [-0.25, -0.2) is 0 Å². The van der Waals surface area contributed by atoms with Gasteiger partial charge in [-0.15, -0.1) is 11.8 Å². The molecule has 1 nitrogen and oxygen atoms in total. The Morgan fingerprint density at radius 3 is 2.50 bits per heavy atom. The molecule has 2 aliphatic rings. The van der Waals surface area contributed by atoms with Crippen LogP contribution in [-0.4, -0.2) is 19.6 Å². The van der Waals surface area contributed by atoms with Crippen LogP contribution in [0.3, 0.4) is 0 Å². The predicted molar refractivity (Wildman–Crippen MR) is 120 cm³/mol. The molecule has 2 fully saturated rings. The van der Waals surface area contributed by atoms with Gasteiger partial charge >= 0.3 is 0 Å². The van der Waals surface area contributed by atoms with Gasteiger partial charge in [0.15, 0.2) is 5.78 Å². The number of Topliss-reactive ketones (excluding diaryl/α,β-unsaturated/α-hetero) is 1. The highest BCUT2D eigenvalue weighted by molar-refractivity contribution is 8.02. The first kappa shape index (κ1) is 22.0. The van der Waals surface area contributed by atoms with Crippen LogP contribution in [-0.2, 0) is 4.79 Å². The van der Waals surface area contributed by atoms with Gasteiger partial charge in [0.25, 0.3) is 0 Å². The van der Waals surface area contributed by atoms with E-state index >= 15 is 0 Å². The first-order valence-electron chi connectivity index (χ1n) is 10.5. The molecule has 2 saturated carbocycles. The summed E-state index contributed by atoms with van der Waals surface area (Å²) in [4.78, 5) is 13.8. The second-order valence-electron chi connectivity index (χ2n) is 10.3. The van der Waals surface area contributed by atoms with E-state index in [1.165, 1.54) is 19.3 Å². The molecule has 0 heterocycles. The van der Waals surface area contributed by atoms with Crippen LogP contribution in [0.15, 0.2) is 22.3 Å². The van der Waals surface area contributed by atoms with Gasteiger partial charge in [0.1, 0.15) is 0 Å². The molecule has 2 aliphatic carbocycles. The topological polar surface area (TPSA) is 17.1 Å². The molecule has 0 unspecified atom stereocenters. The third-order valence-electron chi connectivity index (χ3n) is 7.05. The second-order valence-corrected chi connectivity index (χ2v) is 16.4. The third kappa shape index (κ3) is 3.94. The Hall–Kier alpha value is -0.283. The van der Waals surface area contributed by atoms with Gasteiger partial charge in [0.2, 0.25) is 0 Å². The van der Waals surface area contributed by atoms with E-state index in [1.54, 1.807) is 5.20 Å². The first-order valence-corrected chi connectivity index (χ1v) is 15.1. The summed E-state index contributed by atoms with van der Waals surface area (Å²) in [5.74, 6) is 2.61. The first-order chi connectivity index (χ1) is 12.0. The van der Waals surface area contributed by atoms with E-state index in [0.717, 1.165) is 24.2 Å². The van der Waals surface area contributed by atoms with Gasteiger partial charge in [0, 0.05) is 11.0 Å². The minimum Gasteiger partial charge on any atom is -0.294 e. The highest BCUT2D eigenvalue weighted by Gasteiger charge is 2.64. The molecule has 0 aliphatic heterocycles. The molecule has 0 aromatic heterocycles. The Morgan fingerprint density at radius 1 is 1.31 bits per heavy atom. The van der Waals surface area contributed by atoms with Crippen molar-refractivity contribution in [3.05, 3.63) is 22.3 Å². The van der Waals surface area contributed by atoms with Crippen LogP contribution in [0.5, 0.6) is 0 Å². The van der Waals surface area contributed by atoms with Crippen LogP contribution in [0.25, 0.3) is 0 Å². The monoisotopic (exact) mass is 392 g/mol. The van der Waals surface area contributed by atoms with Crippen molar-refractivity contribution < 1.29 is 4.79 Å². The maximum absolute atomic E-state index is 13.8. The number of carbonyl (C=O) groups is 1. The van der Waals surface area contributed by atoms with Gasteiger partial charge in [-0.05, 0) is 61.0 Å². The van der Waals surface area contributed by atoms with E-state index in [9.17, 15) is 4.79 Å². The standard InChI is InChI=1S/C23H40OSSi/c1-9-11-12-25-16-18-13-20-22(4,5)14-17(3)23(20,21(18)24)15-19(10-2)26(6,7)8/h10,16-17,20H,9,11-15H2,1-8H3/b18-16?,19-10+/t17-,20+,23-/m1/s1. The molecule has 0 aromatic carbocycles. The van der Waals surface area contributed by atoms with Gasteiger partial charge in [-0.3, -0.25) is 4.79 Å². The zero-order chi connectivity index (χ0) is 19.8. The predicted octanol–water partition coefficient (Wildman–Crippen LogP) is 7.26. The number of carbonyl (C=O) groups excluding carboxylic acids is 1. The van der Waals surface area contributed by atoms with Crippen molar-refractivity contribution in [2.24, 2.45) is 22.7 Å². The number of fused-ring (bicyclic) bond motifs is 1. The van der Waals surface area contributed by atoms with Crippen molar-refractivity contribution in [2.45, 2.75) is 86.4 Å². The number of hydrogen-bond acceptors (Lipinski definition) is 2. The van der Waals surface area contributed by atoms with E-state index in [0.29, 0.717) is 17.6 Å². The molecule has 3 heteroatoms. The Bertz CT molecular complexity index is 596. The van der Waals surface area contributed by atoms with Crippen LogP contribution in [0, 0.1) is 22.7 Å². The fourth-order valence-corrected chi connectivity index (χ4v) is 8.25. The number of ketones is 1. The lowest BCUT2D eigenvalue weighted by Crippen LogP contribution is -2.40. The average Bonchev–Trinajstić information content (AvgIpc) is 2.91. The lowest BCUT2D eigenvalue weighted by atomic mass is 9.68. The molecule has 0 bridgehead atoms. The summed E-state index contributed by atoms with van der Waals surface area (Å²) in [5.41, 5.74) is 1.24. The third-order valence-corrected chi connectivity index (χ3v) is 10.4. The van der Waals surface area contributed by atoms with Gasteiger partial charge in [-0.1, -0.05) is 65.0 Å². The molecule has 3 atom stereocenters. The Balaban J connectivity index is 2.39. The van der Waals surface area contributed by atoms with Crippen molar-refractivity contribution in [1.29, 1.82) is 0 Å². The van der Waals surface area contributed by atoms with Crippen LogP contribution < -0.4 is 0 Å². The van der Waals surface area contributed by atoms with Crippen LogP contribution in [0.1, 0.15) is 66.7 Å². The fourth-order valence-electron chi connectivity index (χ4n) is 5.59. The summed E-state index contributed by atoms with van der Waals surface area (Å²) in [6.45, 7) is 18.8. The normalized spacial score (nSPS) is 33.2. The van der Waals surface area contributed by atoms with Gasteiger partial charge < -0.3 is 0 Å². The Kier molecular flexibility index (Phi) is 6.76. The number of thioether (sulfide) groups is 1. The Morgan fingerprint density at radius 2 is 1.96 bits per heavy atom. The summed E-state index contributed by atoms with van der Waals surface area (Å²) in [6, 6.07) is 0. The van der Waals surface area contributed by atoms with Gasteiger partial charge in [0.05, 0.1) is 8.07 Å². The summed E-state index contributed by atoms with van der Waals surface area (Å²) in [6.07, 6.45) is 7.98. The summed E-state index contributed by atoms with van der Waals surface area (Å²) in [7, 11) is -1.40. The molecule has 0 saturated heterocycles. The molecule has 0 amide bonds. The SMILES string of the molecule is C/C=C(\C[C@]12C(=O)C(=CSCCCC)C[C@H]1C(C)(C)C[C@H]2C)[Si](C)(C)C. The summed E-state index contributed by atoms with van der Waals surface area (Å²) in [5, 5.41) is 3.81. The maximum atomic E-state index is 13.8. The lowest BCUT2D eigenvalue weighted by Gasteiger charge is -2.38. The van der Waals surface area contributed by atoms with Crippen molar-refractivity contribution >= 4 is 25.6 Å². The number of rotatable bonds is 7. The van der Waals surface area contributed by atoms with Crippen molar-refractivity contribution in [3.8, 4) is 0 Å². The van der Waals surface area contributed by atoms with E-state index in [2.05, 4.69) is 65.7 Å². The summed E-state index contributed by atoms with van der Waals surface area (Å²) >= 11 is 1.86. The number of hydrogen-bond donors (Lipinski definition) is 0. The molecule has 0 aromatic rings. The molecule has 0 N–H and O–H groups in total. The molecule has 148 valence electrons. The smallest absolute Gasteiger partial charge is 0.166 e. The van der Waals surface area contributed by atoms with E-state index in [4.69, 9.17) is 0 Å². The Labute approximate surface area is 167 Å². The fraction of sp³-hybridized carbons (Fsp3) is 0.783. The summed E-state index contributed by atoms with van der Waals surface area (Å²) < 4.78 is 0. The zero-order valence-corrected chi connectivity index (χ0v) is 20.2. The zero-order valence-electron chi connectivity index (χ0n) is 18.4. The number of unbranched alkanes of at least 4 members (excludes halogenated alkanes) is 1. The highest BCUT2D eigenvalue weighted by atomic mass is 32.2. The minimum atomic E-state index is -1.40. The van der Waals surface area contributed by atoms with Crippen molar-refractivity contribution in [1.82, 2.24) is 0 Å². The molecule has 0 radical (unpaired) electrons. The van der Waals surface area contributed by atoms with E-state index in [1.807, 2.05) is 11.8 Å². The quantitative estimate of drug-likeness (QED) is 0.257. The van der Waals surface area contributed by atoms with Crippen molar-refractivity contribution in [3.63, 3.8) is 0 Å². The largest absolute Gasteiger partial charge is 0.294 e. The average molecular weight is 393 g/mol. The second kappa shape index (κ2) is 7.99. The molecule has 2 rings (SSSR count). The lowest BCUT2D eigenvalue weighted by molar-refractivity contribution is -0.126. The van der Waals surface area contributed by atoms with Crippen LogP contribution in [0.4, 0.5) is 0 Å². The van der Waals surface area contributed by atoms with Crippen LogP contribution >= 0.6 is 11.8 Å². The maximum Gasteiger partial charge on any atom is 0.166 e. The molecule has 26 heavy (non-hydrogen) atoms. The van der Waals surface area contributed by atoms with E-state index in [-0.39, 0.29) is 10.8 Å². The number of allylic oxidation sites excluding steroid dienone is 3. The van der Waals surface area contributed by atoms with Crippen LogP contribution in [0.2, 0.25) is 19.6 Å². The molecular weight excluding hydrogens is 352 g/mol. The van der Waals surface area contributed by atoms with Gasteiger partial charge in [-0.2, -0.15) is 0 Å². The van der Waals surface area contributed by atoms with Crippen molar-refractivity contribution in [2.75, 3.05) is 5.75 Å². The minimum absolute atomic E-state index is 0.150. The highest BCUT2D eigenvalue weighted by Crippen LogP contribution is 2.66. The molecular formula is C23H40OSSi. The molecule has 0 spiro atoms.